The zero-order valence-electron chi connectivity index (χ0n) is 19.0. The molecule has 3 aromatic carbocycles. The third-order valence-corrected chi connectivity index (χ3v) is 6.59. The number of hydrogen-bond acceptors (Lipinski definition) is 3. The highest BCUT2D eigenvalue weighted by atomic mass is 35.5. The van der Waals surface area contributed by atoms with E-state index in [4.69, 9.17) is 21.3 Å². The molecule has 172 valence electrons. The molecule has 5 heteroatoms. The standard InChI is InChI=1S/C29H27ClN2O2/c30-26-12-10-25(11-13-26)29(33)32-16-14-23(15-17-32)18-22-6-8-24(9-7-22)28-31-27(20-34-28)19-21-4-2-1-3-5-21/h1-13,18,27H,14-17,19-20H2/t27-/m0/s1. The lowest BCUT2D eigenvalue weighted by molar-refractivity contribution is 0.0744. The van der Waals surface area contributed by atoms with Crippen molar-refractivity contribution < 1.29 is 9.53 Å². The summed E-state index contributed by atoms with van der Waals surface area (Å²) < 4.78 is 5.88. The monoisotopic (exact) mass is 470 g/mol. The molecule has 4 nitrogen and oxygen atoms in total. The number of carbonyl (C=O) groups excluding carboxylic acids is 1. The van der Waals surface area contributed by atoms with E-state index in [9.17, 15) is 4.79 Å². The maximum absolute atomic E-state index is 12.7. The molecule has 0 aliphatic carbocycles. The maximum atomic E-state index is 12.7. The van der Waals surface area contributed by atoms with E-state index in [2.05, 4.69) is 54.6 Å². The van der Waals surface area contributed by atoms with E-state index in [1.807, 2.05) is 11.0 Å². The van der Waals surface area contributed by atoms with E-state index in [1.165, 1.54) is 11.1 Å². The predicted octanol–water partition coefficient (Wildman–Crippen LogP) is 6.05. The molecule has 1 saturated heterocycles. The number of halogens is 1. The lowest BCUT2D eigenvalue weighted by atomic mass is 9.99. The molecule has 5 rings (SSSR count). The van der Waals surface area contributed by atoms with Crippen LogP contribution in [-0.2, 0) is 11.2 Å². The molecule has 0 saturated carbocycles. The third kappa shape index (κ3) is 5.40. The lowest BCUT2D eigenvalue weighted by Crippen LogP contribution is -2.36. The van der Waals surface area contributed by atoms with Crippen LogP contribution >= 0.6 is 11.6 Å². The Morgan fingerprint density at radius 3 is 2.38 bits per heavy atom. The summed E-state index contributed by atoms with van der Waals surface area (Å²) in [5, 5.41) is 0.644. The summed E-state index contributed by atoms with van der Waals surface area (Å²) >= 11 is 5.94. The van der Waals surface area contributed by atoms with Gasteiger partial charge in [0, 0.05) is 29.2 Å². The molecular formula is C29H27ClN2O2. The lowest BCUT2D eigenvalue weighted by Gasteiger charge is -2.28. The van der Waals surface area contributed by atoms with Gasteiger partial charge in [-0.2, -0.15) is 0 Å². The van der Waals surface area contributed by atoms with E-state index in [0.29, 0.717) is 17.2 Å². The molecular weight excluding hydrogens is 444 g/mol. The first-order chi connectivity index (χ1) is 16.6. The zero-order chi connectivity index (χ0) is 23.3. The van der Waals surface area contributed by atoms with Crippen molar-refractivity contribution >= 4 is 29.5 Å². The van der Waals surface area contributed by atoms with Crippen LogP contribution in [0.5, 0.6) is 0 Å². The third-order valence-electron chi connectivity index (χ3n) is 6.34. The summed E-state index contributed by atoms with van der Waals surface area (Å²) in [6.07, 6.45) is 4.91. The van der Waals surface area contributed by atoms with Crippen molar-refractivity contribution in [2.24, 2.45) is 4.99 Å². The Hall–Kier alpha value is -3.37. The van der Waals surface area contributed by atoms with Crippen LogP contribution in [0.25, 0.3) is 6.08 Å². The van der Waals surface area contributed by atoms with Gasteiger partial charge < -0.3 is 9.64 Å². The molecule has 0 bridgehead atoms. The van der Waals surface area contributed by atoms with Crippen molar-refractivity contribution in [2.45, 2.75) is 25.3 Å². The van der Waals surface area contributed by atoms with Gasteiger partial charge in [-0.05, 0) is 66.8 Å². The van der Waals surface area contributed by atoms with E-state index in [1.54, 1.807) is 24.3 Å². The first-order valence-electron chi connectivity index (χ1n) is 11.7. The molecule has 1 atom stereocenters. The molecule has 34 heavy (non-hydrogen) atoms. The summed E-state index contributed by atoms with van der Waals surface area (Å²) in [4.78, 5) is 19.4. The molecule has 0 spiro atoms. The van der Waals surface area contributed by atoms with Crippen molar-refractivity contribution in [2.75, 3.05) is 19.7 Å². The molecule has 0 aromatic heterocycles. The minimum absolute atomic E-state index is 0.0722. The Morgan fingerprint density at radius 2 is 1.68 bits per heavy atom. The number of carbonyl (C=O) groups is 1. The number of rotatable bonds is 5. The van der Waals surface area contributed by atoms with Crippen LogP contribution in [-0.4, -0.2) is 42.4 Å². The molecule has 2 heterocycles. The number of amides is 1. The summed E-state index contributed by atoms with van der Waals surface area (Å²) in [7, 11) is 0. The summed E-state index contributed by atoms with van der Waals surface area (Å²) in [6.45, 7) is 2.10. The smallest absolute Gasteiger partial charge is 0.253 e. The van der Waals surface area contributed by atoms with Gasteiger partial charge in [0.25, 0.3) is 5.91 Å². The molecule has 0 N–H and O–H groups in total. The molecule has 1 amide bonds. The van der Waals surface area contributed by atoms with Crippen LogP contribution < -0.4 is 0 Å². The fourth-order valence-corrected chi connectivity index (χ4v) is 4.56. The quantitative estimate of drug-likeness (QED) is 0.455. The van der Waals surface area contributed by atoms with Crippen LogP contribution in [0.4, 0.5) is 0 Å². The highest BCUT2D eigenvalue weighted by molar-refractivity contribution is 6.30. The van der Waals surface area contributed by atoms with Crippen LogP contribution in [0, 0.1) is 0 Å². The Labute approximate surface area is 205 Å². The van der Waals surface area contributed by atoms with Crippen molar-refractivity contribution in [3.63, 3.8) is 0 Å². The van der Waals surface area contributed by atoms with Gasteiger partial charge in [-0.15, -0.1) is 0 Å². The van der Waals surface area contributed by atoms with Crippen molar-refractivity contribution in [1.29, 1.82) is 0 Å². The second-order valence-electron chi connectivity index (χ2n) is 8.81. The fourth-order valence-electron chi connectivity index (χ4n) is 4.44. The van der Waals surface area contributed by atoms with Crippen LogP contribution in [0.2, 0.25) is 5.02 Å². The molecule has 0 unspecified atom stereocenters. The minimum Gasteiger partial charge on any atom is -0.475 e. The van der Waals surface area contributed by atoms with Gasteiger partial charge in [0.1, 0.15) is 6.61 Å². The van der Waals surface area contributed by atoms with Gasteiger partial charge in [0.2, 0.25) is 5.90 Å². The zero-order valence-corrected chi connectivity index (χ0v) is 19.7. The maximum Gasteiger partial charge on any atom is 0.253 e. The highest BCUT2D eigenvalue weighted by Crippen LogP contribution is 2.23. The number of hydrogen-bond donors (Lipinski definition) is 0. The number of benzene rings is 3. The average Bonchev–Trinajstić information content (AvgIpc) is 3.34. The fraction of sp³-hybridized carbons (Fsp3) is 0.241. The normalized spacial score (nSPS) is 17.8. The average molecular weight is 471 g/mol. The van der Waals surface area contributed by atoms with Crippen LogP contribution in [0.3, 0.4) is 0 Å². The Balaban J connectivity index is 1.17. The van der Waals surface area contributed by atoms with E-state index in [0.717, 1.165) is 49.4 Å². The minimum atomic E-state index is 0.0722. The first kappa shape index (κ1) is 22.4. The van der Waals surface area contributed by atoms with Gasteiger partial charge >= 0.3 is 0 Å². The predicted molar refractivity (Wildman–Crippen MR) is 137 cm³/mol. The number of ether oxygens (including phenoxy) is 1. The number of piperidine rings is 1. The Morgan fingerprint density at radius 1 is 0.971 bits per heavy atom. The van der Waals surface area contributed by atoms with Gasteiger partial charge in [0.15, 0.2) is 0 Å². The largest absolute Gasteiger partial charge is 0.475 e. The summed E-state index contributed by atoms with van der Waals surface area (Å²) in [6, 6.07) is 26.1. The summed E-state index contributed by atoms with van der Waals surface area (Å²) in [5.41, 5.74) is 5.52. The second kappa shape index (κ2) is 10.3. The van der Waals surface area contributed by atoms with Crippen LogP contribution in [0.1, 0.15) is 39.9 Å². The van der Waals surface area contributed by atoms with Gasteiger partial charge in [-0.1, -0.05) is 65.7 Å². The van der Waals surface area contributed by atoms with Gasteiger partial charge in [-0.25, -0.2) is 4.99 Å². The van der Waals surface area contributed by atoms with Gasteiger partial charge in [-0.3, -0.25) is 4.79 Å². The van der Waals surface area contributed by atoms with E-state index >= 15 is 0 Å². The number of aliphatic imine (C=N–C) groups is 1. The molecule has 0 radical (unpaired) electrons. The Bertz CT molecular complexity index is 1190. The molecule has 3 aromatic rings. The van der Waals surface area contributed by atoms with E-state index in [-0.39, 0.29) is 11.9 Å². The van der Waals surface area contributed by atoms with Crippen LogP contribution in [0.15, 0.2) is 89.4 Å². The van der Waals surface area contributed by atoms with E-state index < -0.39 is 0 Å². The molecule has 2 aliphatic rings. The SMILES string of the molecule is O=C(c1ccc(Cl)cc1)N1CCC(=Cc2ccc(C3=N[C@@H](Cc4ccccc4)CO3)cc2)CC1. The summed E-state index contributed by atoms with van der Waals surface area (Å²) in [5.74, 6) is 0.803. The van der Waals surface area contributed by atoms with Crippen molar-refractivity contribution in [3.8, 4) is 0 Å². The van der Waals surface area contributed by atoms with Gasteiger partial charge in [0.05, 0.1) is 6.04 Å². The molecule has 2 aliphatic heterocycles. The number of nitrogens with zero attached hydrogens (tertiary/aromatic N) is 2. The molecule has 1 fully saturated rings. The first-order valence-corrected chi connectivity index (χ1v) is 12.1. The van der Waals surface area contributed by atoms with Crippen molar-refractivity contribution in [3.05, 3.63) is 112 Å². The second-order valence-corrected chi connectivity index (χ2v) is 9.25. The highest BCUT2D eigenvalue weighted by Gasteiger charge is 2.21. The Kier molecular flexibility index (Phi) is 6.77. The number of likely N-dealkylation sites (tertiary alicyclic amines) is 1. The van der Waals surface area contributed by atoms with Crippen molar-refractivity contribution in [1.82, 2.24) is 4.90 Å². The topological polar surface area (TPSA) is 41.9 Å².